The fourth-order valence-corrected chi connectivity index (χ4v) is 3.39. The largest absolute Gasteiger partial charge is 0.481 e. The Kier molecular flexibility index (Phi) is 6.60. The van der Waals surface area contributed by atoms with Crippen LogP contribution in [0.2, 0.25) is 0 Å². The zero-order chi connectivity index (χ0) is 19.9. The predicted molar refractivity (Wildman–Crippen MR) is 104 cm³/mol. The van der Waals surface area contributed by atoms with Gasteiger partial charge in [-0.05, 0) is 11.6 Å². The van der Waals surface area contributed by atoms with Crippen LogP contribution < -0.4 is 4.74 Å². The van der Waals surface area contributed by atoms with E-state index in [1.165, 1.54) is 0 Å². The average Bonchev–Trinajstić information content (AvgIpc) is 2.73. The molecule has 0 radical (unpaired) electrons. The first-order valence-corrected chi connectivity index (χ1v) is 9.23. The first-order valence-electron chi connectivity index (χ1n) is 9.23. The molecule has 3 rings (SSSR count). The molecule has 1 fully saturated rings. The van der Waals surface area contributed by atoms with E-state index in [0.29, 0.717) is 25.5 Å². The zero-order valence-corrected chi connectivity index (χ0v) is 16.2. The SMILES string of the molecule is COCCN1CC(=O)N(Cc2cccnc2OC)[C@H](Cc2ccccc2)C1=O. The Morgan fingerprint density at radius 1 is 1.11 bits per heavy atom. The number of hydrogen-bond donors (Lipinski definition) is 0. The van der Waals surface area contributed by atoms with Crippen molar-refractivity contribution in [1.29, 1.82) is 0 Å². The minimum absolute atomic E-state index is 0.0516. The van der Waals surface area contributed by atoms with E-state index in [1.807, 2.05) is 36.4 Å². The standard InChI is InChI=1S/C21H25N3O4/c1-27-12-11-23-15-19(25)24(14-17-9-6-10-22-20(17)28-2)18(21(23)26)13-16-7-4-3-5-8-16/h3-10,18H,11-15H2,1-2H3/t18-/m1/s1. The molecule has 1 atom stereocenters. The van der Waals surface area contributed by atoms with Gasteiger partial charge in [0.05, 0.1) is 26.8 Å². The fraction of sp³-hybridized carbons (Fsp3) is 0.381. The molecule has 7 nitrogen and oxygen atoms in total. The summed E-state index contributed by atoms with van der Waals surface area (Å²) in [5.74, 6) is 0.300. The van der Waals surface area contributed by atoms with Gasteiger partial charge in [-0.25, -0.2) is 4.98 Å². The molecular weight excluding hydrogens is 358 g/mol. The van der Waals surface area contributed by atoms with Crippen LogP contribution in [0.3, 0.4) is 0 Å². The first kappa shape index (κ1) is 19.8. The summed E-state index contributed by atoms with van der Waals surface area (Å²) in [7, 11) is 3.13. The van der Waals surface area contributed by atoms with Gasteiger partial charge in [0.1, 0.15) is 6.04 Å². The Labute approximate surface area is 164 Å². The number of methoxy groups -OCH3 is 2. The van der Waals surface area contributed by atoms with Gasteiger partial charge in [-0.1, -0.05) is 36.4 Å². The Hall–Kier alpha value is -2.93. The lowest BCUT2D eigenvalue weighted by Crippen LogP contribution is -2.60. The van der Waals surface area contributed by atoms with E-state index in [0.717, 1.165) is 11.1 Å². The smallest absolute Gasteiger partial charge is 0.246 e. The van der Waals surface area contributed by atoms with Gasteiger partial charge in [0.25, 0.3) is 0 Å². The lowest BCUT2D eigenvalue weighted by atomic mass is 10.00. The second kappa shape index (κ2) is 9.32. The second-order valence-corrected chi connectivity index (χ2v) is 6.65. The lowest BCUT2D eigenvalue weighted by Gasteiger charge is -2.40. The number of amides is 2. The summed E-state index contributed by atoms with van der Waals surface area (Å²) in [5.41, 5.74) is 1.78. The third kappa shape index (κ3) is 4.48. The number of rotatable bonds is 8. The van der Waals surface area contributed by atoms with Crippen LogP contribution in [0, 0.1) is 0 Å². The van der Waals surface area contributed by atoms with Crippen LogP contribution in [-0.4, -0.2) is 66.6 Å². The number of hydrogen-bond acceptors (Lipinski definition) is 5. The van der Waals surface area contributed by atoms with Crippen molar-refractivity contribution < 1.29 is 19.1 Å². The molecule has 0 aliphatic carbocycles. The number of benzene rings is 1. The molecule has 7 heteroatoms. The van der Waals surface area contributed by atoms with Crippen molar-refractivity contribution in [3.05, 3.63) is 59.8 Å². The van der Waals surface area contributed by atoms with Gasteiger partial charge in [0, 0.05) is 31.8 Å². The predicted octanol–water partition coefficient (Wildman–Crippen LogP) is 1.52. The minimum Gasteiger partial charge on any atom is -0.481 e. The fourth-order valence-electron chi connectivity index (χ4n) is 3.39. The van der Waals surface area contributed by atoms with Crippen molar-refractivity contribution >= 4 is 11.8 Å². The van der Waals surface area contributed by atoms with Crippen LogP contribution in [0.25, 0.3) is 0 Å². The molecule has 1 aromatic heterocycles. The molecule has 2 aromatic rings. The van der Waals surface area contributed by atoms with Crippen LogP contribution in [0.1, 0.15) is 11.1 Å². The van der Waals surface area contributed by atoms with Crippen molar-refractivity contribution in [1.82, 2.24) is 14.8 Å². The maximum Gasteiger partial charge on any atom is 0.246 e. The number of piperazine rings is 1. The molecule has 2 amide bonds. The molecule has 0 unspecified atom stereocenters. The molecule has 1 aliphatic rings. The normalized spacial score (nSPS) is 17.1. The zero-order valence-electron chi connectivity index (χ0n) is 16.2. The van der Waals surface area contributed by atoms with E-state index in [-0.39, 0.29) is 24.9 Å². The number of ether oxygens (including phenoxy) is 2. The van der Waals surface area contributed by atoms with Gasteiger partial charge >= 0.3 is 0 Å². The number of carbonyl (C=O) groups is 2. The molecular formula is C21H25N3O4. The van der Waals surface area contributed by atoms with Crippen molar-refractivity contribution in [2.45, 2.75) is 19.0 Å². The van der Waals surface area contributed by atoms with E-state index < -0.39 is 6.04 Å². The van der Waals surface area contributed by atoms with Gasteiger partial charge in [-0.3, -0.25) is 9.59 Å². The highest BCUT2D eigenvalue weighted by molar-refractivity contribution is 5.95. The molecule has 148 valence electrons. The van der Waals surface area contributed by atoms with Gasteiger partial charge < -0.3 is 19.3 Å². The van der Waals surface area contributed by atoms with Crippen molar-refractivity contribution in [3.63, 3.8) is 0 Å². The summed E-state index contributed by atoms with van der Waals surface area (Å²) >= 11 is 0. The van der Waals surface area contributed by atoms with Crippen molar-refractivity contribution in [3.8, 4) is 5.88 Å². The van der Waals surface area contributed by atoms with Gasteiger partial charge in [-0.15, -0.1) is 0 Å². The van der Waals surface area contributed by atoms with Gasteiger partial charge in [0.15, 0.2) is 0 Å². The van der Waals surface area contributed by atoms with Crippen molar-refractivity contribution in [2.75, 3.05) is 33.9 Å². The van der Waals surface area contributed by atoms with Crippen LogP contribution in [0.4, 0.5) is 0 Å². The minimum atomic E-state index is -0.578. The molecule has 0 bridgehead atoms. The monoisotopic (exact) mass is 383 g/mol. The van der Waals surface area contributed by atoms with Crippen LogP contribution >= 0.6 is 0 Å². The van der Waals surface area contributed by atoms with Gasteiger partial charge in [-0.2, -0.15) is 0 Å². The summed E-state index contributed by atoms with van der Waals surface area (Å²) in [6.45, 7) is 1.12. The maximum atomic E-state index is 13.2. The molecule has 0 spiro atoms. The average molecular weight is 383 g/mol. The van der Waals surface area contributed by atoms with Crippen LogP contribution in [-0.2, 0) is 27.3 Å². The Morgan fingerprint density at radius 3 is 2.61 bits per heavy atom. The van der Waals surface area contributed by atoms with E-state index in [4.69, 9.17) is 9.47 Å². The Balaban J connectivity index is 1.88. The number of pyridine rings is 1. The highest BCUT2D eigenvalue weighted by Crippen LogP contribution is 2.23. The molecule has 1 saturated heterocycles. The third-order valence-electron chi connectivity index (χ3n) is 4.84. The van der Waals surface area contributed by atoms with Crippen LogP contribution in [0.5, 0.6) is 5.88 Å². The summed E-state index contributed by atoms with van der Waals surface area (Å²) in [4.78, 5) is 33.5. The highest BCUT2D eigenvalue weighted by atomic mass is 16.5. The van der Waals surface area contributed by atoms with E-state index in [2.05, 4.69) is 4.98 Å². The van der Waals surface area contributed by atoms with E-state index in [1.54, 1.807) is 36.3 Å². The molecule has 0 N–H and O–H groups in total. The summed E-state index contributed by atoms with van der Waals surface area (Å²) < 4.78 is 10.4. The number of carbonyl (C=O) groups excluding carboxylic acids is 2. The van der Waals surface area contributed by atoms with Gasteiger partial charge in [0.2, 0.25) is 17.7 Å². The number of aromatic nitrogens is 1. The molecule has 1 aromatic carbocycles. The Morgan fingerprint density at radius 2 is 1.89 bits per heavy atom. The highest BCUT2D eigenvalue weighted by Gasteiger charge is 2.39. The van der Waals surface area contributed by atoms with Crippen molar-refractivity contribution in [2.24, 2.45) is 0 Å². The summed E-state index contributed by atoms with van der Waals surface area (Å²) in [5, 5.41) is 0. The van der Waals surface area contributed by atoms with E-state index in [9.17, 15) is 9.59 Å². The third-order valence-corrected chi connectivity index (χ3v) is 4.84. The quantitative estimate of drug-likeness (QED) is 0.691. The summed E-state index contributed by atoms with van der Waals surface area (Å²) in [6, 6.07) is 12.8. The molecule has 0 saturated carbocycles. The first-order chi connectivity index (χ1) is 13.6. The summed E-state index contributed by atoms with van der Waals surface area (Å²) in [6.07, 6.45) is 2.09. The number of nitrogens with zero attached hydrogens (tertiary/aromatic N) is 3. The van der Waals surface area contributed by atoms with E-state index >= 15 is 0 Å². The molecule has 28 heavy (non-hydrogen) atoms. The molecule has 2 heterocycles. The Bertz CT molecular complexity index is 812. The topological polar surface area (TPSA) is 72.0 Å². The maximum absolute atomic E-state index is 13.2. The second-order valence-electron chi connectivity index (χ2n) is 6.65. The lowest BCUT2D eigenvalue weighted by molar-refractivity contribution is -0.157. The van der Waals surface area contributed by atoms with Crippen LogP contribution in [0.15, 0.2) is 48.7 Å². The molecule has 1 aliphatic heterocycles.